The normalized spacial score (nSPS) is 35.7. The molecule has 1 aromatic heterocycles. The number of nitrogens with zero attached hydrogens (tertiary/aromatic N) is 1. The Balaban J connectivity index is 1.79. The predicted octanol–water partition coefficient (Wildman–Crippen LogP) is -1.95. The predicted molar refractivity (Wildman–Crippen MR) is 81.8 cm³/mol. The van der Waals surface area contributed by atoms with E-state index in [0.29, 0.717) is 0 Å². The number of phosphoric acid groups is 2. The van der Waals surface area contributed by atoms with Gasteiger partial charge in [-0.3, -0.25) is 18.9 Å². The van der Waals surface area contributed by atoms with Gasteiger partial charge in [0.1, 0.15) is 6.10 Å². The van der Waals surface area contributed by atoms with Crippen molar-refractivity contribution in [3.05, 3.63) is 33.1 Å². The number of aromatic nitrogens is 2. The average Bonchev–Trinajstić information content (AvgIpc) is 3.15. The first-order valence-electron chi connectivity index (χ1n) is 7.28. The largest absolute Gasteiger partial charge is 0.481 e. The van der Waals surface area contributed by atoms with Crippen LogP contribution in [0.5, 0.6) is 0 Å². The molecule has 1 aromatic rings. The maximum Gasteiger partial charge on any atom is 0.481 e. The fourth-order valence-electron chi connectivity index (χ4n) is 3.55. The van der Waals surface area contributed by atoms with Crippen molar-refractivity contribution < 1.29 is 42.9 Å². The molecule has 2 saturated carbocycles. The molecule has 0 saturated heterocycles. The van der Waals surface area contributed by atoms with Gasteiger partial charge in [-0.25, -0.2) is 13.9 Å². The first-order chi connectivity index (χ1) is 11.9. The SMILES string of the molecule is O=c1ccn([C@H]2[C@H](O)[C@H](O)[C@]3(COP(=O)(O)OP(=O)(O)O)C[C@@H]23)c(=O)[nH]1. The van der Waals surface area contributed by atoms with Crippen molar-refractivity contribution in [1.29, 1.82) is 0 Å². The molecule has 1 unspecified atom stereocenters. The van der Waals surface area contributed by atoms with Gasteiger partial charge in [0.05, 0.1) is 18.8 Å². The monoisotopic (exact) mass is 414 g/mol. The van der Waals surface area contributed by atoms with Crippen molar-refractivity contribution in [2.24, 2.45) is 11.3 Å². The number of aromatic amines is 1. The number of aliphatic hydroxyl groups excluding tert-OH is 2. The third-order valence-corrected chi connectivity index (χ3v) is 6.86. The molecule has 13 nitrogen and oxygen atoms in total. The number of nitrogens with one attached hydrogen (secondary N) is 1. The Morgan fingerprint density at radius 3 is 2.50 bits per heavy atom. The van der Waals surface area contributed by atoms with E-state index in [2.05, 4.69) is 8.83 Å². The molecule has 2 fully saturated rings. The molecule has 26 heavy (non-hydrogen) atoms. The smallest absolute Gasteiger partial charge is 0.390 e. The van der Waals surface area contributed by atoms with Crippen molar-refractivity contribution >= 4 is 15.6 Å². The zero-order chi connectivity index (χ0) is 19.5. The molecule has 6 N–H and O–H groups in total. The lowest BCUT2D eigenvalue weighted by Gasteiger charge is -2.24. The molecular weight excluding hydrogens is 398 g/mol. The Morgan fingerprint density at radius 2 is 1.92 bits per heavy atom. The van der Waals surface area contributed by atoms with Gasteiger partial charge >= 0.3 is 21.3 Å². The van der Waals surface area contributed by atoms with Crippen LogP contribution < -0.4 is 11.2 Å². The summed E-state index contributed by atoms with van der Waals surface area (Å²) in [5.41, 5.74) is -2.63. The summed E-state index contributed by atoms with van der Waals surface area (Å²) in [7, 11) is -10.4. The second-order valence-corrected chi connectivity index (χ2v) is 9.13. The van der Waals surface area contributed by atoms with Gasteiger partial charge in [0.25, 0.3) is 5.56 Å². The van der Waals surface area contributed by atoms with Crippen LogP contribution in [0, 0.1) is 11.3 Å². The molecule has 0 aliphatic heterocycles. The molecule has 0 amide bonds. The number of fused-ring (bicyclic) bond motifs is 1. The van der Waals surface area contributed by atoms with Crippen LogP contribution in [0.25, 0.3) is 0 Å². The van der Waals surface area contributed by atoms with Crippen LogP contribution in [-0.2, 0) is 18.0 Å². The molecule has 0 aromatic carbocycles. The summed E-state index contributed by atoms with van der Waals surface area (Å²) in [6.07, 6.45) is -1.50. The van der Waals surface area contributed by atoms with Crippen LogP contribution in [0.3, 0.4) is 0 Å². The molecule has 146 valence electrons. The highest BCUT2D eigenvalue weighted by atomic mass is 31.3. The van der Waals surface area contributed by atoms with Gasteiger partial charge in [0.2, 0.25) is 0 Å². The topological polar surface area (TPSA) is 209 Å². The van der Waals surface area contributed by atoms with Crippen LogP contribution in [-0.4, -0.2) is 53.3 Å². The minimum Gasteiger partial charge on any atom is -0.390 e. The lowest BCUT2D eigenvalue weighted by molar-refractivity contribution is -0.0306. The van der Waals surface area contributed by atoms with Gasteiger partial charge in [-0.1, -0.05) is 0 Å². The maximum atomic E-state index is 11.9. The zero-order valence-electron chi connectivity index (χ0n) is 12.9. The molecule has 0 radical (unpaired) electrons. The summed E-state index contributed by atoms with van der Waals surface area (Å²) in [5.74, 6) is -0.536. The Bertz CT molecular complexity index is 921. The number of phosphoric ester groups is 1. The first-order valence-corrected chi connectivity index (χ1v) is 10.3. The minimum atomic E-state index is -5.28. The number of hydrogen-bond acceptors (Lipinski definition) is 8. The molecule has 2 aliphatic carbocycles. The van der Waals surface area contributed by atoms with Crippen LogP contribution in [0.4, 0.5) is 0 Å². The Labute approximate surface area is 144 Å². The maximum absolute atomic E-state index is 11.9. The van der Waals surface area contributed by atoms with Crippen molar-refractivity contribution in [2.75, 3.05) is 6.61 Å². The van der Waals surface area contributed by atoms with Crippen LogP contribution in [0.2, 0.25) is 0 Å². The molecule has 0 bridgehead atoms. The van der Waals surface area contributed by atoms with Crippen LogP contribution >= 0.6 is 15.6 Å². The fraction of sp³-hybridized carbons (Fsp3) is 0.636. The van der Waals surface area contributed by atoms with Crippen molar-refractivity contribution in [2.45, 2.75) is 24.7 Å². The number of H-pyrrole nitrogens is 1. The summed E-state index contributed by atoms with van der Waals surface area (Å²) in [5, 5.41) is 20.5. The third kappa shape index (κ3) is 3.50. The van der Waals surface area contributed by atoms with Gasteiger partial charge in [-0.2, -0.15) is 4.31 Å². The lowest BCUT2D eigenvalue weighted by atomic mass is 10.0. The van der Waals surface area contributed by atoms with E-state index in [1.807, 2.05) is 4.98 Å². The highest BCUT2D eigenvalue weighted by Crippen LogP contribution is 2.69. The van der Waals surface area contributed by atoms with E-state index in [0.717, 1.165) is 16.8 Å². The van der Waals surface area contributed by atoms with Gasteiger partial charge in [0.15, 0.2) is 0 Å². The lowest BCUT2D eigenvalue weighted by Crippen LogP contribution is -2.40. The van der Waals surface area contributed by atoms with Crippen LogP contribution in [0.1, 0.15) is 12.5 Å². The third-order valence-electron chi connectivity index (χ3n) is 4.73. The van der Waals surface area contributed by atoms with Gasteiger partial charge < -0.3 is 24.9 Å². The summed E-state index contributed by atoms with van der Waals surface area (Å²) in [4.78, 5) is 51.6. The van der Waals surface area contributed by atoms with Crippen molar-refractivity contribution in [1.82, 2.24) is 9.55 Å². The van der Waals surface area contributed by atoms with E-state index in [-0.39, 0.29) is 6.42 Å². The second kappa shape index (κ2) is 6.20. The molecule has 3 rings (SSSR count). The van der Waals surface area contributed by atoms with E-state index in [9.17, 15) is 33.8 Å². The minimum absolute atomic E-state index is 0.206. The van der Waals surface area contributed by atoms with E-state index in [4.69, 9.17) is 9.79 Å². The van der Waals surface area contributed by atoms with E-state index in [1.54, 1.807) is 0 Å². The summed E-state index contributed by atoms with van der Waals surface area (Å²) in [6.45, 7) is -0.641. The van der Waals surface area contributed by atoms with E-state index in [1.165, 1.54) is 0 Å². The number of rotatable bonds is 6. The van der Waals surface area contributed by atoms with Crippen molar-refractivity contribution in [3.63, 3.8) is 0 Å². The molecular formula is C11H16N2O11P2. The van der Waals surface area contributed by atoms with Crippen molar-refractivity contribution in [3.8, 4) is 0 Å². The van der Waals surface area contributed by atoms with E-state index >= 15 is 0 Å². The summed E-state index contributed by atoms with van der Waals surface area (Å²) < 4.78 is 31.5. The molecule has 6 atom stereocenters. The Hall–Kier alpha value is -1.14. The zero-order valence-corrected chi connectivity index (χ0v) is 14.7. The Kier molecular flexibility index (Phi) is 4.67. The van der Waals surface area contributed by atoms with Gasteiger partial charge in [0, 0.05) is 17.7 Å². The molecule has 15 heteroatoms. The molecule has 1 heterocycles. The summed E-state index contributed by atoms with van der Waals surface area (Å²) in [6, 6.07) is 0.147. The van der Waals surface area contributed by atoms with E-state index < -0.39 is 63.1 Å². The quantitative estimate of drug-likeness (QED) is 0.282. The standard InChI is InChI=1S/C11H16N2O11P2/c14-6-1-2-13(10(17)12-6)7-5-3-11(5,9(16)8(7)15)4-23-26(21,22)24-25(18,19)20/h1-2,5,7-9,15-16H,3-4H2,(H,21,22)(H,12,14,17)(H2,18,19,20)/t5-,7+,8-,9-,11-/m0/s1. The highest BCUT2D eigenvalue weighted by Gasteiger charge is 2.72. The first kappa shape index (κ1) is 19.6. The molecule has 0 spiro atoms. The fourth-order valence-corrected chi connectivity index (χ4v) is 5.22. The highest BCUT2D eigenvalue weighted by molar-refractivity contribution is 7.60. The number of aliphatic hydroxyl groups is 2. The van der Waals surface area contributed by atoms with Gasteiger partial charge in [-0.15, -0.1) is 0 Å². The van der Waals surface area contributed by atoms with Crippen LogP contribution in [0.15, 0.2) is 21.9 Å². The number of hydrogen-bond donors (Lipinski definition) is 6. The summed E-state index contributed by atoms with van der Waals surface area (Å²) >= 11 is 0. The Morgan fingerprint density at radius 1 is 1.27 bits per heavy atom. The average molecular weight is 414 g/mol. The molecule has 2 aliphatic rings. The second-order valence-electron chi connectivity index (χ2n) is 6.30. The van der Waals surface area contributed by atoms with Gasteiger partial charge in [-0.05, 0) is 12.3 Å².